The number of hydrogen-bond donors (Lipinski definition) is 1. The van der Waals surface area contributed by atoms with E-state index in [1.165, 1.54) is 26.4 Å². The molecule has 0 aliphatic carbocycles. The highest BCUT2D eigenvalue weighted by Gasteiger charge is 2.23. The van der Waals surface area contributed by atoms with Gasteiger partial charge in [-0.1, -0.05) is 13.8 Å². The molecule has 1 amide bonds. The van der Waals surface area contributed by atoms with Gasteiger partial charge in [0.1, 0.15) is 6.04 Å². The van der Waals surface area contributed by atoms with Crippen molar-refractivity contribution in [1.82, 2.24) is 5.32 Å². The van der Waals surface area contributed by atoms with E-state index in [0.717, 1.165) is 0 Å². The molecule has 1 N–H and O–H groups in total. The SMILES string of the molecule is CCOc1cc(C(=O)OCC(=O)N[C@@H](CC(C)C)C(=O)OC)ccc1OC. The van der Waals surface area contributed by atoms with Crippen LogP contribution < -0.4 is 14.8 Å². The first kappa shape index (κ1) is 22.3. The van der Waals surface area contributed by atoms with Crippen LogP contribution in [0.2, 0.25) is 0 Å². The van der Waals surface area contributed by atoms with E-state index >= 15 is 0 Å². The molecule has 0 spiro atoms. The number of hydrogen-bond acceptors (Lipinski definition) is 7. The lowest BCUT2D eigenvalue weighted by atomic mass is 10.0. The summed E-state index contributed by atoms with van der Waals surface area (Å²) in [6.45, 7) is 5.54. The van der Waals surface area contributed by atoms with Crippen LogP contribution >= 0.6 is 0 Å². The average molecular weight is 381 g/mol. The Hall–Kier alpha value is -2.77. The van der Waals surface area contributed by atoms with Crippen molar-refractivity contribution >= 4 is 17.8 Å². The molecule has 1 aromatic carbocycles. The van der Waals surface area contributed by atoms with Crippen LogP contribution in [-0.2, 0) is 19.1 Å². The summed E-state index contributed by atoms with van der Waals surface area (Å²) in [5.74, 6) is -0.749. The molecule has 8 nitrogen and oxygen atoms in total. The van der Waals surface area contributed by atoms with Gasteiger partial charge in [-0.25, -0.2) is 9.59 Å². The van der Waals surface area contributed by atoms with Gasteiger partial charge in [0, 0.05) is 0 Å². The lowest BCUT2D eigenvalue weighted by molar-refractivity contribution is -0.145. The predicted octanol–water partition coefficient (Wildman–Crippen LogP) is 1.95. The molecular formula is C19H27NO7. The Bertz CT molecular complexity index is 657. The van der Waals surface area contributed by atoms with Gasteiger partial charge in [-0.2, -0.15) is 0 Å². The molecule has 150 valence electrons. The molecule has 0 radical (unpaired) electrons. The number of methoxy groups -OCH3 is 2. The maximum atomic E-state index is 12.2. The molecular weight excluding hydrogens is 354 g/mol. The first-order valence-corrected chi connectivity index (χ1v) is 8.67. The average Bonchev–Trinajstić information content (AvgIpc) is 2.64. The number of nitrogens with one attached hydrogen (secondary N) is 1. The quantitative estimate of drug-likeness (QED) is 0.618. The summed E-state index contributed by atoms with van der Waals surface area (Å²) >= 11 is 0. The van der Waals surface area contributed by atoms with Crippen molar-refractivity contribution < 1.29 is 33.3 Å². The zero-order valence-corrected chi connectivity index (χ0v) is 16.4. The number of ether oxygens (including phenoxy) is 4. The van der Waals surface area contributed by atoms with Crippen molar-refractivity contribution in [2.45, 2.75) is 33.2 Å². The second-order valence-corrected chi connectivity index (χ2v) is 6.15. The Labute approximate surface area is 159 Å². The van der Waals surface area contributed by atoms with Crippen molar-refractivity contribution in [2.24, 2.45) is 5.92 Å². The fraction of sp³-hybridized carbons (Fsp3) is 0.526. The topological polar surface area (TPSA) is 100 Å². The molecule has 1 aromatic rings. The zero-order valence-electron chi connectivity index (χ0n) is 16.4. The van der Waals surface area contributed by atoms with Crippen LogP contribution in [0.1, 0.15) is 37.6 Å². The highest BCUT2D eigenvalue weighted by atomic mass is 16.5. The smallest absolute Gasteiger partial charge is 0.338 e. The Morgan fingerprint density at radius 2 is 1.81 bits per heavy atom. The van der Waals surface area contributed by atoms with Gasteiger partial charge in [-0.05, 0) is 37.5 Å². The van der Waals surface area contributed by atoms with E-state index in [1.807, 2.05) is 20.8 Å². The van der Waals surface area contributed by atoms with E-state index in [1.54, 1.807) is 6.07 Å². The van der Waals surface area contributed by atoms with Crippen molar-refractivity contribution in [1.29, 1.82) is 0 Å². The molecule has 0 aromatic heterocycles. The van der Waals surface area contributed by atoms with Gasteiger partial charge in [0.05, 0.1) is 26.4 Å². The minimum atomic E-state index is -0.785. The third kappa shape index (κ3) is 7.16. The number of rotatable bonds is 10. The van der Waals surface area contributed by atoms with E-state index in [2.05, 4.69) is 10.1 Å². The summed E-state index contributed by atoms with van der Waals surface area (Å²) in [7, 11) is 2.75. The van der Waals surface area contributed by atoms with Crippen molar-refractivity contribution in [3.05, 3.63) is 23.8 Å². The number of esters is 2. The molecule has 8 heteroatoms. The van der Waals surface area contributed by atoms with Crippen LogP contribution in [-0.4, -0.2) is 51.3 Å². The molecule has 27 heavy (non-hydrogen) atoms. The number of carbonyl (C=O) groups excluding carboxylic acids is 3. The van der Waals surface area contributed by atoms with Crippen LogP contribution in [0.5, 0.6) is 11.5 Å². The van der Waals surface area contributed by atoms with Crippen LogP contribution in [0, 0.1) is 5.92 Å². The summed E-state index contributed by atoms with van der Waals surface area (Å²) in [5, 5.41) is 2.52. The molecule has 0 fully saturated rings. The van der Waals surface area contributed by atoms with Gasteiger partial charge in [-0.3, -0.25) is 4.79 Å². The van der Waals surface area contributed by atoms with Crippen LogP contribution in [0.3, 0.4) is 0 Å². The van der Waals surface area contributed by atoms with E-state index in [-0.39, 0.29) is 11.5 Å². The summed E-state index contributed by atoms with van der Waals surface area (Å²) in [6.07, 6.45) is 0.419. The van der Waals surface area contributed by atoms with Crippen molar-refractivity contribution in [2.75, 3.05) is 27.4 Å². The minimum absolute atomic E-state index is 0.174. The van der Waals surface area contributed by atoms with Crippen LogP contribution in [0.4, 0.5) is 0 Å². The summed E-state index contributed by atoms with van der Waals surface area (Å²) < 4.78 is 20.3. The van der Waals surface area contributed by atoms with Gasteiger partial charge >= 0.3 is 11.9 Å². The van der Waals surface area contributed by atoms with Crippen molar-refractivity contribution in [3.63, 3.8) is 0 Å². The fourth-order valence-electron chi connectivity index (χ4n) is 2.35. The molecule has 0 aliphatic heterocycles. The summed E-state index contributed by atoms with van der Waals surface area (Å²) in [4.78, 5) is 35.9. The Morgan fingerprint density at radius 3 is 2.37 bits per heavy atom. The van der Waals surface area contributed by atoms with Crippen LogP contribution in [0.15, 0.2) is 18.2 Å². The number of amides is 1. The first-order chi connectivity index (χ1) is 12.8. The van der Waals surface area contributed by atoms with Gasteiger partial charge < -0.3 is 24.3 Å². The Morgan fingerprint density at radius 1 is 1.11 bits per heavy atom. The molecule has 1 atom stereocenters. The third-order valence-corrected chi connectivity index (χ3v) is 3.56. The molecule has 0 aliphatic rings. The Balaban J connectivity index is 2.68. The van der Waals surface area contributed by atoms with Crippen molar-refractivity contribution in [3.8, 4) is 11.5 Å². The van der Waals surface area contributed by atoms with E-state index in [4.69, 9.17) is 14.2 Å². The number of carbonyl (C=O) groups is 3. The lowest BCUT2D eigenvalue weighted by Crippen LogP contribution is -2.44. The normalized spacial score (nSPS) is 11.5. The van der Waals surface area contributed by atoms with Gasteiger partial charge in [0.25, 0.3) is 5.91 Å². The van der Waals surface area contributed by atoms with Gasteiger partial charge in [-0.15, -0.1) is 0 Å². The number of benzene rings is 1. The molecule has 0 saturated carbocycles. The second-order valence-electron chi connectivity index (χ2n) is 6.15. The lowest BCUT2D eigenvalue weighted by Gasteiger charge is -2.18. The third-order valence-electron chi connectivity index (χ3n) is 3.56. The summed E-state index contributed by atoms with van der Waals surface area (Å²) in [5.41, 5.74) is 0.221. The highest BCUT2D eigenvalue weighted by Crippen LogP contribution is 2.28. The maximum absolute atomic E-state index is 12.2. The molecule has 0 unspecified atom stereocenters. The van der Waals surface area contributed by atoms with Crippen LogP contribution in [0.25, 0.3) is 0 Å². The second kappa shape index (κ2) is 11.1. The minimum Gasteiger partial charge on any atom is -0.493 e. The zero-order chi connectivity index (χ0) is 20.4. The Kier molecular flexibility index (Phi) is 9.12. The molecule has 1 rings (SSSR count). The predicted molar refractivity (Wildman–Crippen MR) is 97.8 cm³/mol. The summed E-state index contributed by atoms with van der Waals surface area (Å²) in [6, 6.07) is 3.79. The highest BCUT2D eigenvalue weighted by molar-refractivity contribution is 5.92. The largest absolute Gasteiger partial charge is 0.493 e. The van der Waals surface area contributed by atoms with E-state index in [0.29, 0.717) is 24.5 Å². The van der Waals surface area contributed by atoms with E-state index < -0.39 is 30.5 Å². The molecule has 0 bridgehead atoms. The monoisotopic (exact) mass is 381 g/mol. The standard InChI is InChI=1S/C19H27NO7/c1-6-26-16-10-13(7-8-15(16)24-4)18(22)27-11-17(21)20-14(9-12(2)3)19(23)25-5/h7-8,10,12,14H,6,9,11H2,1-5H3,(H,20,21)/t14-/m0/s1. The van der Waals surface area contributed by atoms with Gasteiger partial charge in [0.2, 0.25) is 0 Å². The maximum Gasteiger partial charge on any atom is 0.338 e. The van der Waals surface area contributed by atoms with Gasteiger partial charge in [0.15, 0.2) is 18.1 Å². The molecule has 0 saturated heterocycles. The molecule has 0 heterocycles. The van der Waals surface area contributed by atoms with E-state index in [9.17, 15) is 14.4 Å². The fourth-order valence-corrected chi connectivity index (χ4v) is 2.35. The first-order valence-electron chi connectivity index (χ1n) is 8.67.